The van der Waals surface area contributed by atoms with Gasteiger partial charge in [0.05, 0.1) is 11.8 Å². The third kappa shape index (κ3) is 5.06. The first-order valence-electron chi connectivity index (χ1n) is 10.3. The lowest BCUT2D eigenvalue weighted by Gasteiger charge is -2.09. The summed E-state index contributed by atoms with van der Waals surface area (Å²) < 4.78 is 8.41. The lowest BCUT2D eigenvalue weighted by Crippen LogP contribution is -2.11. The van der Waals surface area contributed by atoms with E-state index >= 15 is 0 Å². The van der Waals surface area contributed by atoms with Gasteiger partial charge >= 0.3 is 6.01 Å². The molecule has 162 valence electrons. The SMILES string of the molecule is Cc1ccc(-c2nc(OC(C)C)nn2-c2ccc(NC(=O)c3ccc(Br)cc3)cc2)cc1. The monoisotopic (exact) mass is 490 g/mol. The largest absolute Gasteiger partial charge is 0.460 e. The van der Waals surface area contributed by atoms with Gasteiger partial charge in [-0.15, -0.1) is 5.10 Å². The summed E-state index contributed by atoms with van der Waals surface area (Å²) in [6.45, 7) is 5.92. The van der Waals surface area contributed by atoms with Gasteiger partial charge in [0.2, 0.25) is 0 Å². The first kappa shape index (κ1) is 21.8. The molecule has 0 radical (unpaired) electrons. The Labute approximate surface area is 195 Å². The van der Waals surface area contributed by atoms with Gasteiger partial charge in [-0.25, -0.2) is 4.68 Å². The van der Waals surface area contributed by atoms with E-state index in [1.807, 2.05) is 81.4 Å². The Morgan fingerprint density at radius 3 is 2.25 bits per heavy atom. The van der Waals surface area contributed by atoms with E-state index in [4.69, 9.17) is 4.74 Å². The van der Waals surface area contributed by atoms with Crippen LogP contribution in [0.15, 0.2) is 77.3 Å². The molecule has 4 rings (SSSR count). The molecule has 1 heterocycles. The molecule has 6 nitrogen and oxygen atoms in total. The summed E-state index contributed by atoms with van der Waals surface area (Å²) in [7, 11) is 0. The van der Waals surface area contributed by atoms with Crippen molar-refractivity contribution in [1.82, 2.24) is 14.8 Å². The molecule has 0 fully saturated rings. The minimum atomic E-state index is -0.168. The molecule has 1 amide bonds. The van der Waals surface area contributed by atoms with E-state index in [0.717, 1.165) is 15.7 Å². The maximum atomic E-state index is 12.5. The lowest BCUT2D eigenvalue weighted by atomic mass is 10.1. The summed E-state index contributed by atoms with van der Waals surface area (Å²) in [5.41, 5.74) is 4.20. The summed E-state index contributed by atoms with van der Waals surface area (Å²) in [6.07, 6.45) is -0.0343. The first-order valence-corrected chi connectivity index (χ1v) is 11.1. The highest BCUT2D eigenvalue weighted by Crippen LogP contribution is 2.25. The molecule has 3 aromatic carbocycles. The molecule has 1 aromatic heterocycles. The summed E-state index contributed by atoms with van der Waals surface area (Å²) in [6, 6.07) is 23.1. The van der Waals surface area contributed by atoms with E-state index in [1.165, 1.54) is 5.56 Å². The fourth-order valence-electron chi connectivity index (χ4n) is 3.11. The van der Waals surface area contributed by atoms with Crippen LogP contribution < -0.4 is 10.1 Å². The fraction of sp³-hybridized carbons (Fsp3) is 0.160. The van der Waals surface area contributed by atoms with Gasteiger partial charge in [-0.3, -0.25) is 4.79 Å². The van der Waals surface area contributed by atoms with Crippen LogP contribution in [0.2, 0.25) is 0 Å². The second-order valence-electron chi connectivity index (χ2n) is 7.67. The summed E-state index contributed by atoms with van der Waals surface area (Å²) in [5, 5.41) is 7.47. The highest BCUT2D eigenvalue weighted by Gasteiger charge is 2.16. The maximum Gasteiger partial charge on any atom is 0.336 e. The number of carbonyl (C=O) groups is 1. The average molecular weight is 491 g/mol. The Morgan fingerprint density at radius 2 is 1.62 bits per heavy atom. The van der Waals surface area contributed by atoms with Crippen molar-refractivity contribution in [3.8, 4) is 23.1 Å². The minimum Gasteiger partial charge on any atom is -0.460 e. The number of hydrogen-bond acceptors (Lipinski definition) is 4. The predicted octanol–water partition coefficient (Wildman–Crippen LogP) is 6.04. The molecule has 32 heavy (non-hydrogen) atoms. The summed E-state index contributed by atoms with van der Waals surface area (Å²) in [4.78, 5) is 17.1. The molecule has 0 spiro atoms. The second-order valence-corrected chi connectivity index (χ2v) is 8.59. The first-order chi connectivity index (χ1) is 15.4. The van der Waals surface area contributed by atoms with Crippen molar-refractivity contribution in [2.24, 2.45) is 0 Å². The Bertz CT molecular complexity index is 1210. The van der Waals surface area contributed by atoms with Crippen LogP contribution in [0.1, 0.15) is 29.8 Å². The number of halogens is 1. The van der Waals surface area contributed by atoms with Crippen LogP contribution in [-0.4, -0.2) is 26.8 Å². The number of nitrogens with zero attached hydrogens (tertiary/aromatic N) is 3. The number of anilines is 1. The molecule has 0 bridgehead atoms. The van der Waals surface area contributed by atoms with E-state index < -0.39 is 0 Å². The maximum absolute atomic E-state index is 12.5. The van der Waals surface area contributed by atoms with Gasteiger partial charge in [0.25, 0.3) is 5.91 Å². The van der Waals surface area contributed by atoms with Gasteiger partial charge in [0.15, 0.2) is 5.82 Å². The molecule has 0 aliphatic heterocycles. The zero-order valence-electron chi connectivity index (χ0n) is 18.0. The van der Waals surface area contributed by atoms with Crippen LogP contribution in [-0.2, 0) is 0 Å². The van der Waals surface area contributed by atoms with Crippen LogP contribution in [0.25, 0.3) is 17.1 Å². The number of ether oxygens (including phenoxy) is 1. The van der Waals surface area contributed by atoms with Gasteiger partial charge in [-0.1, -0.05) is 45.8 Å². The van der Waals surface area contributed by atoms with Gasteiger partial charge in [-0.2, -0.15) is 4.98 Å². The summed E-state index contributed by atoms with van der Waals surface area (Å²) >= 11 is 3.38. The van der Waals surface area contributed by atoms with Crippen LogP contribution in [0, 0.1) is 6.92 Å². The molecule has 0 aliphatic carbocycles. The van der Waals surface area contributed by atoms with E-state index in [-0.39, 0.29) is 12.0 Å². The van der Waals surface area contributed by atoms with E-state index in [0.29, 0.717) is 23.1 Å². The second kappa shape index (κ2) is 9.36. The quantitative estimate of drug-likeness (QED) is 0.357. The summed E-state index contributed by atoms with van der Waals surface area (Å²) in [5.74, 6) is 0.520. The van der Waals surface area contributed by atoms with Gasteiger partial charge in [-0.05, 0) is 69.3 Å². The topological polar surface area (TPSA) is 69.0 Å². The normalized spacial score (nSPS) is 10.9. The fourth-order valence-corrected chi connectivity index (χ4v) is 3.38. The van der Waals surface area contributed by atoms with Crippen LogP contribution in [0.5, 0.6) is 6.01 Å². The van der Waals surface area contributed by atoms with Crippen molar-refractivity contribution in [3.63, 3.8) is 0 Å². The van der Waals surface area contributed by atoms with Gasteiger partial charge < -0.3 is 10.1 Å². The number of hydrogen-bond donors (Lipinski definition) is 1. The van der Waals surface area contributed by atoms with Crippen LogP contribution in [0.3, 0.4) is 0 Å². The molecular weight excluding hydrogens is 468 g/mol. The Balaban J connectivity index is 1.61. The zero-order valence-corrected chi connectivity index (χ0v) is 19.6. The zero-order chi connectivity index (χ0) is 22.7. The van der Waals surface area contributed by atoms with Crippen molar-refractivity contribution in [2.45, 2.75) is 26.9 Å². The average Bonchev–Trinajstić information content (AvgIpc) is 3.18. The smallest absolute Gasteiger partial charge is 0.336 e. The molecule has 7 heteroatoms. The number of aryl methyl sites for hydroxylation is 1. The Kier molecular flexibility index (Phi) is 6.37. The molecule has 0 atom stereocenters. The van der Waals surface area contributed by atoms with E-state index in [2.05, 4.69) is 31.3 Å². The number of aromatic nitrogens is 3. The van der Waals surface area contributed by atoms with Gasteiger partial charge in [0.1, 0.15) is 0 Å². The third-order valence-corrected chi connectivity index (χ3v) is 5.24. The van der Waals surface area contributed by atoms with Crippen LogP contribution >= 0.6 is 15.9 Å². The standard InChI is InChI=1S/C25H23BrN4O2/c1-16(2)32-25-28-23(18-6-4-17(3)5-7-18)30(29-25)22-14-12-21(13-15-22)27-24(31)19-8-10-20(26)11-9-19/h4-16H,1-3H3,(H,27,31). The van der Waals surface area contributed by atoms with Crippen LogP contribution in [0.4, 0.5) is 5.69 Å². The highest BCUT2D eigenvalue weighted by molar-refractivity contribution is 9.10. The molecular formula is C25H23BrN4O2. The number of amides is 1. The lowest BCUT2D eigenvalue weighted by molar-refractivity contribution is 0.102. The molecule has 4 aromatic rings. The van der Waals surface area contributed by atoms with E-state index in [1.54, 1.807) is 16.8 Å². The molecule has 1 N–H and O–H groups in total. The Morgan fingerprint density at radius 1 is 0.969 bits per heavy atom. The van der Waals surface area contributed by atoms with Gasteiger partial charge in [0, 0.05) is 21.3 Å². The molecule has 0 unspecified atom stereocenters. The molecule has 0 aliphatic rings. The number of carbonyl (C=O) groups excluding carboxylic acids is 1. The third-order valence-electron chi connectivity index (χ3n) is 4.71. The number of nitrogens with one attached hydrogen (secondary N) is 1. The Hall–Kier alpha value is -3.45. The van der Waals surface area contributed by atoms with Crippen molar-refractivity contribution < 1.29 is 9.53 Å². The van der Waals surface area contributed by atoms with Crippen molar-refractivity contribution in [1.29, 1.82) is 0 Å². The van der Waals surface area contributed by atoms with Crippen molar-refractivity contribution >= 4 is 27.5 Å². The number of rotatable bonds is 6. The van der Waals surface area contributed by atoms with E-state index in [9.17, 15) is 4.79 Å². The molecule has 0 saturated heterocycles. The predicted molar refractivity (Wildman–Crippen MR) is 129 cm³/mol. The minimum absolute atomic E-state index is 0.0343. The molecule has 0 saturated carbocycles. The highest BCUT2D eigenvalue weighted by atomic mass is 79.9. The van der Waals surface area contributed by atoms with Crippen molar-refractivity contribution in [3.05, 3.63) is 88.4 Å². The van der Waals surface area contributed by atoms with Crippen molar-refractivity contribution in [2.75, 3.05) is 5.32 Å². The number of benzene rings is 3.